The number of carbonyl (C=O) groups is 2. The molecule has 29 heavy (non-hydrogen) atoms. The summed E-state index contributed by atoms with van der Waals surface area (Å²) in [5.41, 5.74) is 2.53. The van der Waals surface area contributed by atoms with Crippen molar-refractivity contribution in [2.75, 3.05) is 17.7 Å². The molecule has 144 valence electrons. The number of carbonyl (C=O) groups excluding carboxylic acids is 2. The summed E-state index contributed by atoms with van der Waals surface area (Å²) in [6.07, 6.45) is 1.38. The Morgan fingerprint density at radius 1 is 1.00 bits per heavy atom. The van der Waals surface area contributed by atoms with Crippen molar-refractivity contribution >= 4 is 23.2 Å². The number of aromatic nitrogens is 1. The van der Waals surface area contributed by atoms with Crippen LogP contribution in [-0.2, 0) is 0 Å². The van der Waals surface area contributed by atoms with Gasteiger partial charge in [0, 0.05) is 11.8 Å². The fourth-order valence-corrected chi connectivity index (χ4v) is 2.69. The second-order valence-electron chi connectivity index (χ2n) is 6.20. The van der Waals surface area contributed by atoms with Crippen molar-refractivity contribution in [2.24, 2.45) is 0 Å². The van der Waals surface area contributed by atoms with Crippen molar-refractivity contribution in [3.8, 4) is 11.8 Å². The molecule has 0 saturated heterocycles. The van der Waals surface area contributed by atoms with Crippen molar-refractivity contribution in [3.63, 3.8) is 0 Å². The molecule has 2 amide bonds. The number of aryl methyl sites for hydroxylation is 1. The highest BCUT2D eigenvalue weighted by Gasteiger charge is 2.15. The summed E-state index contributed by atoms with van der Waals surface area (Å²) >= 11 is 0. The number of para-hydroxylation sites is 1. The molecule has 0 saturated carbocycles. The number of ether oxygens (including phenoxy) is 1. The fourth-order valence-electron chi connectivity index (χ4n) is 2.69. The van der Waals surface area contributed by atoms with Crippen LogP contribution in [0.2, 0.25) is 0 Å². The number of methoxy groups -OCH3 is 1. The van der Waals surface area contributed by atoms with E-state index in [1.165, 1.54) is 25.4 Å². The summed E-state index contributed by atoms with van der Waals surface area (Å²) in [4.78, 5) is 29.2. The monoisotopic (exact) mass is 386 g/mol. The molecule has 0 spiro atoms. The van der Waals surface area contributed by atoms with Crippen molar-refractivity contribution in [1.82, 2.24) is 4.98 Å². The summed E-state index contributed by atoms with van der Waals surface area (Å²) in [6.45, 7) is 1.90. The Hall–Kier alpha value is -4.18. The summed E-state index contributed by atoms with van der Waals surface area (Å²) in [5, 5.41) is 14.6. The van der Waals surface area contributed by atoms with Gasteiger partial charge in [-0.3, -0.25) is 14.6 Å². The number of nitrogens with one attached hydrogen (secondary N) is 2. The summed E-state index contributed by atoms with van der Waals surface area (Å²) in [6, 6.07) is 17.0. The van der Waals surface area contributed by atoms with E-state index in [1.807, 2.05) is 19.1 Å². The number of pyridine rings is 1. The first-order valence-electron chi connectivity index (χ1n) is 8.74. The number of nitrogens with zero attached hydrogens (tertiary/aromatic N) is 2. The van der Waals surface area contributed by atoms with Gasteiger partial charge in [-0.2, -0.15) is 5.26 Å². The summed E-state index contributed by atoms with van der Waals surface area (Å²) in [7, 11) is 1.52. The van der Waals surface area contributed by atoms with Gasteiger partial charge in [0.15, 0.2) is 0 Å². The van der Waals surface area contributed by atoms with E-state index in [2.05, 4.69) is 15.6 Å². The number of hydrogen-bond acceptors (Lipinski definition) is 5. The molecular formula is C22H18N4O3. The van der Waals surface area contributed by atoms with Crippen LogP contribution in [0.4, 0.5) is 11.4 Å². The lowest BCUT2D eigenvalue weighted by Crippen LogP contribution is -2.17. The highest BCUT2D eigenvalue weighted by molar-refractivity contribution is 6.08. The first-order valence-corrected chi connectivity index (χ1v) is 8.74. The molecule has 0 bridgehead atoms. The molecule has 0 unspecified atom stereocenters. The van der Waals surface area contributed by atoms with Crippen LogP contribution in [0.5, 0.6) is 5.75 Å². The van der Waals surface area contributed by atoms with Crippen molar-refractivity contribution < 1.29 is 14.3 Å². The average Bonchev–Trinajstić information content (AvgIpc) is 2.74. The van der Waals surface area contributed by atoms with Crippen LogP contribution in [-0.4, -0.2) is 23.9 Å². The normalized spacial score (nSPS) is 9.97. The van der Waals surface area contributed by atoms with Gasteiger partial charge in [0.1, 0.15) is 17.5 Å². The molecule has 1 heterocycles. The molecule has 3 aromatic rings. The largest absolute Gasteiger partial charge is 0.495 e. The standard InChI is InChI=1S/C22H18N4O3/c1-14-7-8-20(29-2)18(11-14)26-22(28)19-12-15(9-10-24-19)21(27)25-17-6-4-3-5-16(17)13-23/h3-12H,1-2H3,(H,25,27)(H,26,28). The van der Waals surface area contributed by atoms with E-state index in [-0.39, 0.29) is 11.3 Å². The van der Waals surface area contributed by atoms with Gasteiger partial charge in [0.25, 0.3) is 11.8 Å². The number of anilines is 2. The third-order valence-electron chi connectivity index (χ3n) is 4.15. The molecule has 7 nitrogen and oxygen atoms in total. The van der Waals surface area contributed by atoms with Crippen molar-refractivity contribution in [3.05, 3.63) is 83.2 Å². The van der Waals surface area contributed by atoms with E-state index < -0.39 is 11.8 Å². The summed E-state index contributed by atoms with van der Waals surface area (Å²) in [5.74, 6) is -0.399. The molecular weight excluding hydrogens is 368 g/mol. The van der Waals surface area contributed by atoms with Gasteiger partial charge in [-0.15, -0.1) is 0 Å². The Kier molecular flexibility index (Phi) is 5.85. The maximum atomic E-state index is 12.6. The molecule has 0 radical (unpaired) electrons. The maximum absolute atomic E-state index is 12.6. The Balaban J connectivity index is 1.80. The lowest BCUT2D eigenvalue weighted by atomic mass is 10.1. The first kappa shape index (κ1) is 19.6. The van der Waals surface area contributed by atoms with E-state index in [1.54, 1.807) is 36.4 Å². The molecule has 0 aliphatic rings. The van der Waals surface area contributed by atoms with Crippen LogP contribution >= 0.6 is 0 Å². The third kappa shape index (κ3) is 4.57. The minimum absolute atomic E-state index is 0.0785. The van der Waals surface area contributed by atoms with E-state index in [9.17, 15) is 9.59 Å². The zero-order valence-corrected chi connectivity index (χ0v) is 15.9. The molecule has 3 rings (SSSR count). The van der Waals surface area contributed by atoms with Gasteiger partial charge >= 0.3 is 0 Å². The van der Waals surface area contributed by atoms with Crippen LogP contribution in [0.1, 0.15) is 32.0 Å². The molecule has 0 aliphatic carbocycles. The number of nitriles is 1. The molecule has 2 N–H and O–H groups in total. The van der Waals surface area contributed by atoms with Gasteiger partial charge in [-0.1, -0.05) is 18.2 Å². The number of amides is 2. The van der Waals surface area contributed by atoms with Crippen LogP contribution in [0, 0.1) is 18.3 Å². The van der Waals surface area contributed by atoms with Gasteiger partial charge in [0.2, 0.25) is 0 Å². The second kappa shape index (κ2) is 8.67. The lowest BCUT2D eigenvalue weighted by Gasteiger charge is -2.11. The predicted octanol–water partition coefficient (Wildman–Crippen LogP) is 3.77. The molecule has 0 fully saturated rings. The fraction of sp³-hybridized carbons (Fsp3) is 0.0909. The number of benzene rings is 2. The number of rotatable bonds is 5. The van der Waals surface area contributed by atoms with Gasteiger partial charge < -0.3 is 15.4 Å². The van der Waals surface area contributed by atoms with Crippen LogP contribution in [0.3, 0.4) is 0 Å². The van der Waals surface area contributed by atoms with Crippen molar-refractivity contribution in [2.45, 2.75) is 6.92 Å². The summed E-state index contributed by atoms with van der Waals surface area (Å²) < 4.78 is 5.26. The molecule has 2 aromatic carbocycles. The maximum Gasteiger partial charge on any atom is 0.274 e. The Morgan fingerprint density at radius 3 is 2.52 bits per heavy atom. The molecule has 0 aliphatic heterocycles. The van der Waals surface area contributed by atoms with Gasteiger partial charge in [-0.25, -0.2) is 0 Å². The average molecular weight is 386 g/mol. The SMILES string of the molecule is COc1ccc(C)cc1NC(=O)c1cc(C(=O)Nc2ccccc2C#N)ccn1. The minimum atomic E-state index is -0.471. The Labute approximate surface area is 168 Å². The smallest absolute Gasteiger partial charge is 0.274 e. The van der Waals surface area contributed by atoms with E-state index in [4.69, 9.17) is 10.00 Å². The second-order valence-corrected chi connectivity index (χ2v) is 6.20. The van der Waals surface area contributed by atoms with Gasteiger partial charge in [-0.05, 0) is 48.9 Å². The Bertz CT molecular complexity index is 1120. The minimum Gasteiger partial charge on any atom is -0.495 e. The molecule has 7 heteroatoms. The van der Waals surface area contributed by atoms with Crippen LogP contribution < -0.4 is 15.4 Å². The highest BCUT2D eigenvalue weighted by atomic mass is 16.5. The Morgan fingerprint density at radius 2 is 1.76 bits per heavy atom. The van der Waals surface area contributed by atoms with Crippen LogP contribution in [0.15, 0.2) is 60.8 Å². The topological polar surface area (TPSA) is 104 Å². The highest BCUT2D eigenvalue weighted by Crippen LogP contribution is 2.25. The predicted molar refractivity (Wildman–Crippen MR) is 109 cm³/mol. The molecule has 0 atom stereocenters. The molecule has 1 aromatic heterocycles. The quantitative estimate of drug-likeness (QED) is 0.694. The van der Waals surface area contributed by atoms with E-state index >= 15 is 0 Å². The third-order valence-corrected chi connectivity index (χ3v) is 4.15. The zero-order chi connectivity index (χ0) is 20.8. The first-order chi connectivity index (χ1) is 14.0. The number of hydrogen-bond donors (Lipinski definition) is 2. The van der Waals surface area contributed by atoms with E-state index in [0.29, 0.717) is 22.7 Å². The zero-order valence-electron chi connectivity index (χ0n) is 15.9. The van der Waals surface area contributed by atoms with E-state index in [0.717, 1.165) is 5.56 Å². The van der Waals surface area contributed by atoms with Crippen LogP contribution in [0.25, 0.3) is 0 Å². The lowest BCUT2D eigenvalue weighted by molar-refractivity contribution is 0.102. The van der Waals surface area contributed by atoms with Gasteiger partial charge in [0.05, 0.1) is 24.0 Å². The van der Waals surface area contributed by atoms with Crippen molar-refractivity contribution in [1.29, 1.82) is 5.26 Å².